The Balaban J connectivity index is 2.00. The van der Waals surface area contributed by atoms with Crippen molar-refractivity contribution in [1.29, 1.82) is 0 Å². The van der Waals surface area contributed by atoms with Gasteiger partial charge >= 0.3 is 5.97 Å². The van der Waals surface area contributed by atoms with E-state index in [1.165, 1.54) is 5.57 Å². The van der Waals surface area contributed by atoms with Gasteiger partial charge in [-0.15, -0.1) is 6.42 Å². The summed E-state index contributed by atoms with van der Waals surface area (Å²) in [5, 5.41) is 0. The van der Waals surface area contributed by atoms with Crippen LogP contribution in [0.1, 0.15) is 53.9 Å². The van der Waals surface area contributed by atoms with Crippen molar-refractivity contribution in [2.45, 2.75) is 66.1 Å². The third-order valence-electron chi connectivity index (χ3n) is 5.14. The lowest BCUT2D eigenvalue weighted by atomic mass is 10.0. The quantitative estimate of drug-likeness (QED) is 0.429. The van der Waals surface area contributed by atoms with E-state index in [0.29, 0.717) is 0 Å². The topological polar surface area (TPSA) is 35.5 Å². The number of carbonyl (C=O) groups is 1. The normalized spacial score (nSPS) is 30.0. The first kappa shape index (κ1) is 18.8. The highest BCUT2D eigenvalue weighted by atomic mass is 16.5. The Morgan fingerprint density at radius 1 is 1.29 bits per heavy atom. The van der Waals surface area contributed by atoms with Gasteiger partial charge in [0, 0.05) is 6.61 Å². The molecule has 0 aromatic heterocycles. The largest absolute Gasteiger partial charge is 0.444 e. The second-order valence-electron chi connectivity index (χ2n) is 7.87. The summed E-state index contributed by atoms with van der Waals surface area (Å²) >= 11 is 0. The molecule has 2 rings (SSSR count). The van der Waals surface area contributed by atoms with E-state index < -0.39 is 6.10 Å². The number of ether oxygens (including phenoxy) is 2. The Morgan fingerprint density at radius 2 is 2.00 bits per heavy atom. The van der Waals surface area contributed by atoms with Crippen LogP contribution in [0.2, 0.25) is 0 Å². The van der Waals surface area contributed by atoms with Gasteiger partial charge in [-0.25, -0.2) is 0 Å². The SMILES string of the molecule is C#CC(OC(=O)C1C(C=C(C)C)C1(C)C)C(C)=CC1CCCCO1. The summed E-state index contributed by atoms with van der Waals surface area (Å²) in [6.07, 6.45) is 12.5. The van der Waals surface area contributed by atoms with Gasteiger partial charge in [0.25, 0.3) is 0 Å². The van der Waals surface area contributed by atoms with E-state index in [9.17, 15) is 4.79 Å². The predicted molar refractivity (Wildman–Crippen MR) is 96.3 cm³/mol. The summed E-state index contributed by atoms with van der Waals surface area (Å²) in [4.78, 5) is 12.6. The Bertz CT molecular complexity index is 566. The summed E-state index contributed by atoms with van der Waals surface area (Å²) in [6.45, 7) is 11.0. The first-order chi connectivity index (χ1) is 11.3. The average Bonchev–Trinajstić information content (AvgIpc) is 3.05. The Labute approximate surface area is 146 Å². The molecule has 2 aliphatic rings. The van der Waals surface area contributed by atoms with Gasteiger partial charge in [-0.2, -0.15) is 0 Å². The van der Waals surface area contributed by atoms with Crippen molar-refractivity contribution in [2.24, 2.45) is 17.3 Å². The number of esters is 1. The zero-order valence-corrected chi connectivity index (χ0v) is 15.6. The monoisotopic (exact) mass is 330 g/mol. The Hall–Kier alpha value is -1.53. The lowest BCUT2D eigenvalue weighted by Gasteiger charge is -2.21. The van der Waals surface area contributed by atoms with Crippen LogP contribution >= 0.6 is 0 Å². The molecular weight excluding hydrogens is 300 g/mol. The molecule has 1 aliphatic heterocycles. The van der Waals surface area contributed by atoms with Crippen molar-refractivity contribution >= 4 is 5.97 Å². The number of rotatable bonds is 5. The predicted octanol–water partition coefficient (Wildman–Crippen LogP) is 4.29. The molecule has 4 atom stereocenters. The molecule has 1 heterocycles. The van der Waals surface area contributed by atoms with Crippen molar-refractivity contribution in [3.63, 3.8) is 0 Å². The summed E-state index contributed by atoms with van der Waals surface area (Å²) < 4.78 is 11.4. The van der Waals surface area contributed by atoms with Crippen molar-refractivity contribution in [3.8, 4) is 12.3 Å². The minimum Gasteiger partial charge on any atom is -0.444 e. The van der Waals surface area contributed by atoms with Crippen LogP contribution in [0.5, 0.6) is 0 Å². The molecule has 0 bridgehead atoms. The molecule has 3 nitrogen and oxygen atoms in total. The Morgan fingerprint density at radius 3 is 2.54 bits per heavy atom. The van der Waals surface area contributed by atoms with Gasteiger partial charge in [-0.1, -0.05) is 37.5 Å². The van der Waals surface area contributed by atoms with Crippen molar-refractivity contribution in [1.82, 2.24) is 0 Å². The number of hydrogen-bond donors (Lipinski definition) is 0. The highest BCUT2D eigenvalue weighted by Gasteiger charge is 2.61. The van der Waals surface area contributed by atoms with Crippen LogP contribution in [-0.2, 0) is 14.3 Å². The number of carbonyl (C=O) groups excluding carboxylic acids is 1. The molecule has 0 amide bonds. The fourth-order valence-corrected chi connectivity index (χ4v) is 3.52. The van der Waals surface area contributed by atoms with Crippen molar-refractivity contribution in [2.75, 3.05) is 6.61 Å². The average molecular weight is 330 g/mol. The third kappa shape index (κ3) is 4.30. The molecule has 1 saturated heterocycles. The minimum absolute atomic E-state index is 0.0579. The van der Waals surface area contributed by atoms with E-state index in [1.54, 1.807) is 0 Å². The van der Waals surface area contributed by atoms with E-state index in [2.05, 4.69) is 39.7 Å². The van der Waals surface area contributed by atoms with Crippen LogP contribution in [-0.4, -0.2) is 24.8 Å². The highest BCUT2D eigenvalue weighted by molar-refractivity contribution is 5.79. The van der Waals surface area contributed by atoms with Crippen LogP contribution in [0.15, 0.2) is 23.3 Å². The van der Waals surface area contributed by atoms with Gasteiger partial charge in [-0.05, 0) is 56.9 Å². The maximum absolute atomic E-state index is 12.6. The molecule has 3 heteroatoms. The van der Waals surface area contributed by atoms with Gasteiger partial charge in [0.05, 0.1) is 12.0 Å². The number of hydrogen-bond acceptors (Lipinski definition) is 3. The smallest absolute Gasteiger partial charge is 0.311 e. The molecule has 1 aliphatic carbocycles. The van der Waals surface area contributed by atoms with E-state index in [-0.39, 0.29) is 29.3 Å². The summed E-state index contributed by atoms with van der Waals surface area (Å²) in [6, 6.07) is 0. The molecule has 0 radical (unpaired) electrons. The lowest BCUT2D eigenvalue weighted by molar-refractivity contribution is -0.147. The Kier molecular flexibility index (Phi) is 5.93. The molecule has 0 aromatic carbocycles. The van der Waals surface area contributed by atoms with Crippen LogP contribution < -0.4 is 0 Å². The molecule has 1 saturated carbocycles. The van der Waals surface area contributed by atoms with Crippen molar-refractivity contribution in [3.05, 3.63) is 23.3 Å². The second-order valence-corrected chi connectivity index (χ2v) is 7.87. The van der Waals surface area contributed by atoms with Crippen LogP contribution in [0.25, 0.3) is 0 Å². The fraction of sp³-hybridized carbons (Fsp3) is 0.667. The molecule has 4 unspecified atom stereocenters. The van der Waals surface area contributed by atoms with Gasteiger partial charge in [-0.3, -0.25) is 4.79 Å². The van der Waals surface area contributed by atoms with Crippen LogP contribution in [0.3, 0.4) is 0 Å². The fourth-order valence-electron chi connectivity index (χ4n) is 3.52. The first-order valence-electron chi connectivity index (χ1n) is 8.89. The molecule has 0 aromatic rings. The van der Waals surface area contributed by atoms with Gasteiger partial charge in [0.2, 0.25) is 0 Å². The van der Waals surface area contributed by atoms with E-state index in [4.69, 9.17) is 15.9 Å². The molecule has 2 fully saturated rings. The van der Waals surface area contributed by atoms with E-state index in [0.717, 1.165) is 31.4 Å². The zero-order valence-electron chi connectivity index (χ0n) is 15.6. The van der Waals surface area contributed by atoms with Crippen molar-refractivity contribution < 1.29 is 14.3 Å². The maximum atomic E-state index is 12.6. The standard InChI is InChI=1S/C21H30O3/c1-7-18(15(4)13-16-10-8-9-11-23-16)24-20(22)19-17(12-14(2)3)21(19,5)6/h1,12-13,16-19H,8-11H2,2-6H3. The van der Waals surface area contributed by atoms with Crippen LogP contribution in [0, 0.1) is 29.6 Å². The summed E-state index contributed by atoms with van der Waals surface area (Å²) in [5.41, 5.74) is 2.05. The molecule has 24 heavy (non-hydrogen) atoms. The molecule has 0 spiro atoms. The number of terminal acetylenes is 1. The summed E-state index contributed by atoms with van der Waals surface area (Å²) in [5.74, 6) is 2.54. The van der Waals surface area contributed by atoms with Crippen LogP contribution in [0.4, 0.5) is 0 Å². The second kappa shape index (κ2) is 7.57. The third-order valence-corrected chi connectivity index (χ3v) is 5.14. The zero-order chi connectivity index (χ0) is 17.9. The highest BCUT2D eigenvalue weighted by Crippen LogP contribution is 2.60. The minimum atomic E-state index is -0.605. The number of allylic oxidation sites excluding steroid dienone is 2. The molecule has 132 valence electrons. The molecule has 0 N–H and O–H groups in total. The maximum Gasteiger partial charge on any atom is 0.311 e. The lowest BCUT2D eigenvalue weighted by Crippen LogP contribution is -2.23. The first-order valence-corrected chi connectivity index (χ1v) is 8.89. The summed E-state index contributed by atoms with van der Waals surface area (Å²) in [7, 11) is 0. The molecular formula is C21H30O3. The van der Waals surface area contributed by atoms with E-state index in [1.807, 2.05) is 13.0 Å². The van der Waals surface area contributed by atoms with E-state index >= 15 is 0 Å². The van der Waals surface area contributed by atoms with Gasteiger partial charge in [0.1, 0.15) is 0 Å². The van der Waals surface area contributed by atoms with Gasteiger partial charge in [0.15, 0.2) is 6.10 Å². The van der Waals surface area contributed by atoms with Gasteiger partial charge < -0.3 is 9.47 Å².